The van der Waals surface area contributed by atoms with Gasteiger partial charge in [-0.05, 0) is 30.7 Å². The lowest BCUT2D eigenvalue weighted by atomic mass is 10.1. The lowest BCUT2D eigenvalue weighted by Gasteiger charge is -2.08. The van der Waals surface area contributed by atoms with E-state index in [1.807, 2.05) is 12.3 Å². The van der Waals surface area contributed by atoms with Crippen molar-refractivity contribution in [3.63, 3.8) is 0 Å². The van der Waals surface area contributed by atoms with Crippen molar-refractivity contribution < 1.29 is 13.5 Å². The third kappa shape index (κ3) is 4.05. The third-order valence-corrected chi connectivity index (χ3v) is 5.07. The zero-order valence-corrected chi connectivity index (χ0v) is 11.6. The zero-order chi connectivity index (χ0) is 12.3. The standard InChI is InChI=1S/C10H15ClO3S2/c1-7-6-15-10(9(7)11)8(12)4-3-5-16(2,13)14/h6,8,12H,3-5H2,1-2H3. The van der Waals surface area contributed by atoms with Gasteiger partial charge in [0, 0.05) is 12.0 Å². The molecular weight excluding hydrogens is 268 g/mol. The molecule has 1 unspecified atom stereocenters. The van der Waals surface area contributed by atoms with Crippen LogP contribution in [0.3, 0.4) is 0 Å². The number of thiophene rings is 1. The van der Waals surface area contributed by atoms with E-state index < -0.39 is 15.9 Å². The molecule has 16 heavy (non-hydrogen) atoms. The predicted molar refractivity (Wildman–Crippen MR) is 68.0 cm³/mol. The molecule has 92 valence electrons. The molecule has 1 atom stereocenters. The molecule has 0 saturated carbocycles. The SMILES string of the molecule is Cc1csc(C(O)CCCS(C)(=O)=O)c1Cl. The van der Waals surface area contributed by atoms with E-state index in [1.54, 1.807) is 0 Å². The highest BCUT2D eigenvalue weighted by Gasteiger charge is 2.15. The Morgan fingerprint density at radius 1 is 1.56 bits per heavy atom. The molecule has 1 heterocycles. The second-order valence-electron chi connectivity index (χ2n) is 3.88. The van der Waals surface area contributed by atoms with Crippen molar-refractivity contribution in [2.24, 2.45) is 0 Å². The summed E-state index contributed by atoms with van der Waals surface area (Å²) in [5.74, 6) is 0.103. The topological polar surface area (TPSA) is 54.4 Å². The fourth-order valence-electron chi connectivity index (χ4n) is 1.34. The van der Waals surface area contributed by atoms with Gasteiger partial charge in [0.1, 0.15) is 9.84 Å². The van der Waals surface area contributed by atoms with Crippen molar-refractivity contribution in [1.82, 2.24) is 0 Å². The van der Waals surface area contributed by atoms with E-state index >= 15 is 0 Å². The summed E-state index contributed by atoms with van der Waals surface area (Å²) in [4.78, 5) is 0.729. The van der Waals surface area contributed by atoms with Crippen molar-refractivity contribution in [1.29, 1.82) is 0 Å². The number of sulfone groups is 1. The predicted octanol–water partition coefficient (Wildman–Crippen LogP) is 2.57. The van der Waals surface area contributed by atoms with Crippen LogP contribution in [0.2, 0.25) is 5.02 Å². The van der Waals surface area contributed by atoms with Crippen molar-refractivity contribution in [3.05, 3.63) is 20.8 Å². The molecule has 0 amide bonds. The van der Waals surface area contributed by atoms with Gasteiger partial charge in [-0.3, -0.25) is 0 Å². The number of aliphatic hydroxyl groups excluding tert-OH is 1. The number of aryl methyl sites for hydroxylation is 1. The summed E-state index contributed by atoms with van der Waals surface area (Å²) < 4.78 is 21.8. The van der Waals surface area contributed by atoms with Gasteiger partial charge in [0.05, 0.1) is 16.0 Å². The summed E-state index contributed by atoms with van der Waals surface area (Å²) in [6.45, 7) is 1.88. The maximum absolute atomic E-state index is 10.9. The summed E-state index contributed by atoms with van der Waals surface area (Å²) in [6.07, 6.45) is 1.41. The molecule has 0 aliphatic carbocycles. The summed E-state index contributed by atoms with van der Waals surface area (Å²) in [6, 6.07) is 0. The Balaban J connectivity index is 2.53. The van der Waals surface area contributed by atoms with Gasteiger partial charge >= 0.3 is 0 Å². The Kier molecular flexibility index (Phi) is 4.79. The minimum absolute atomic E-state index is 0.103. The lowest BCUT2D eigenvalue weighted by Crippen LogP contribution is -2.05. The molecule has 0 aliphatic heterocycles. The number of hydrogen-bond donors (Lipinski definition) is 1. The van der Waals surface area contributed by atoms with E-state index in [4.69, 9.17) is 11.6 Å². The van der Waals surface area contributed by atoms with Crippen LogP contribution >= 0.6 is 22.9 Å². The maximum Gasteiger partial charge on any atom is 0.147 e. The minimum atomic E-state index is -2.95. The second-order valence-corrected chi connectivity index (χ2v) is 7.43. The molecule has 0 aromatic carbocycles. The van der Waals surface area contributed by atoms with Gasteiger partial charge in [-0.1, -0.05) is 11.6 Å². The summed E-state index contributed by atoms with van der Waals surface area (Å²) in [7, 11) is -2.95. The van der Waals surface area contributed by atoms with Gasteiger partial charge in [-0.15, -0.1) is 11.3 Å². The van der Waals surface area contributed by atoms with Crippen LogP contribution in [0.5, 0.6) is 0 Å². The first-order valence-electron chi connectivity index (χ1n) is 4.90. The fourth-order valence-corrected chi connectivity index (χ4v) is 3.38. The average Bonchev–Trinajstić information content (AvgIpc) is 2.45. The van der Waals surface area contributed by atoms with Gasteiger partial charge in [0.15, 0.2) is 0 Å². The van der Waals surface area contributed by atoms with Crippen LogP contribution in [-0.4, -0.2) is 25.5 Å². The van der Waals surface area contributed by atoms with E-state index in [0.29, 0.717) is 17.9 Å². The monoisotopic (exact) mass is 282 g/mol. The van der Waals surface area contributed by atoms with Crippen molar-refractivity contribution >= 4 is 32.8 Å². The Bertz CT molecular complexity index is 451. The Morgan fingerprint density at radius 3 is 2.62 bits per heavy atom. The van der Waals surface area contributed by atoms with Crippen LogP contribution in [0.25, 0.3) is 0 Å². The molecule has 6 heteroatoms. The average molecular weight is 283 g/mol. The molecule has 0 spiro atoms. The fraction of sp³-hybridized carbons (Fsp3) is 0.600. The molecular formula is C10H15ClO3S2. The van der Waals surface area contributed by atoms with Crippen LogP contribution in [0, 0.1) is 6.92 Å². The smallest absolute Gasteiger partial charge is 0.147 e. The molecule has 1 rings (SSSR count). The van der Waals surface area contributed by atoms with E-state index in [0.717, 1.165) is 10.4 Å². The number of rotatable bonds is 5. The van der Waals surface area contributed by atoms with E-state index in [2.05, 4.69) is 0 Å². The maximum atomic E-state index is 10.9. The Morgan fingerprint density at radius 2 is 2.19 bits per heavy atom. The minimum Gasteiger partial charge on any atom is -0.388 e. The molecule has 0 aliphatic rings. The first-order chi connectivity index (χ1) is 7.31. The van der Waals surface area contributed by atoms with Crippen molar-refractivity contribution in [3.8, 4) is 0 Å². The molecule has 0 bridgehead atoms. The normalized spacial score (nSPS) is 14.0. The molecule has 0 radical (unpaired) electrons. The highest BCUT2D eigenvalue weighted by molar-refractivity contribution is 7.90. The first kappa shape index (κ1) is 14.0. The van der Waals surface area contributed by atoms with Crippen LogP contribution in [0.15, 0.2) is 5.38 Å². The van der Waals surface area contributed by atoms with E-state index in [9.17, 15) is 13.5 Å². The lowest BCUT2D eigenvalue weighted by molar-refractivity contribution is 0.170. The van der Waals surface area contributed by atoms with Gasteiger partial charge in [-0.25, -0.2) is 8.42 Å². The highest BCUT2D eigenvalue weighted by Crippen LogP contribution is 2.34. The van der Waals surface area contributed by atoms with Crippen molar-refractivity contribution in [2.75, 3.05) is 12.0 Å². The van der Waals surface area contributed by atoms with Gasteiger partial charge in [0.2, 0.25) is 0 Å². The molecule has 1 aromatic rings. The molecule has 1 aromatic heterocycles. The molecule has 0 saturated heterocycles. The quantitative estimate of drug-likeness (QED) is 0.903. The summed E-state index contributed by atoms with van der Waals surface area (Å²) in [5, 5.41) is 12.3. The highest BCUT2D eigenvalue weighted by atomic mass is 35.5. The zero-order valence-electron chi connectivity index (χ0n) is 9.23. The van der Waals surface area contributed by atoms with Crippen LogP contribution in [0.4, 0.5) is 0 Å². The number of hydrogen-bond acceptors (Lipinski definition) is 4. The van der Waals surface area contributed by atoms with Gasteiger partial charge < -0.3 is 5.11 Å². The van der Waals surface area contributed by atoms with Crippen molar-refractivity contribution in [2.45, 2.75) is 25.9 Å². The molecule has 1 N–H and O–H groups in total. The van der Waals surface area contributed by atoms with Gasteiger partial charge in [-0.2, -0.15) is 0 Å². The van der Waals surface area contributed by atoms with E-state index in [1.165, 1.54) is 17.6 Å². The molecule has 0 fully saturated rings. The molecule has 3 nitrogen and oxygen atoms in total. The van der Waals surface area contributed by atoms with Crippen LogP contribution in [-0.2, 0) is 9.84 Å². The van der Waals surface area contributed by atoms with Gasteiger partial charge in [0.25, 0.3) is 0 Å². The van der Waals surface area contributed by atoms with Crippen LogP contribution in [0.1, 0.15) is 29.4 Å². The Labute approximate surface area is 105 Å². The number of halogens is 1. The second kappa shape index (κ2) is 5.49. The van der Waals surface area contributed by atoms with E-state index in [-0.39, 0.29) is 5.75 Å². The summed E-state index contributed by atoms with van der Waals surface area (Å²) in [5.41, 5.74) is 0.948. The third-order valence-electron chi connectivity index (χ3n) is 2.22. The largest absolute Gasteiger partial charge is 0.388 e. The Hall–Kier alpha value is -0.100. The first-order valence-corrected chi connectivity index (χ1v) is 8.22. The van der Waals surface area contributed by atoms with Crippen LogP contribution < -0.4 is 0 Å². The number of aliphatic hydroxyl groups is 1. The summed E-state index contributed by atoms with van der Waals surface area (Å²) >= 11 is 7.42.